The Bertz CT molecular complexity index is 1000. The Morgan fingerprint density at radius 2 is 1.87 bits per heavy atom. The van der Waals surface area contributed by atoms with Gasteiger partial charge in [0.05, 0.1) is 5.69 Å². The average molecular weight is 426 g/mol. The van der Waals surface area contributed by atoms with E-state index in [0.29, 0.717) is 11.4 Å². The molecule has 2 amide bonds. The zero-order chi connectivity index (χ0) is 21.7. The summed E-state index contributed by atoms with van der Waals surface area (Å²) in [6, 6.07) is 13.0. The van der Waals surface area contributed by atoms with Crippen LogP contribution in [0.3, 0.4) is 0 Å². The van der Waals surface area contributed by atoms with Crippen molar-refractivity contribution in [2.45, 2.75) is 31.6 Å². The van der Waals surface area contributed by atoms with Crippen LogP contribution in [-0.4, -0.2) is 36.4 Å². The summed E-state index contributed by atoms with van der Waals surface area (Å²) in [5, 5.41) is 8.13. The summed E-state index contributed by atoms with van der Waals surface area (Å²) in [5.74, 6) is -1.34. The van der Waals surface area contributed by atoms with Gasteiger partial charge in [-0.3, -0.25) is 9.59 Å². The van der Waals surface area contributed by atoms with Crippen LogP contribution in [0.1, 0.15) is 24.0 Å². The normalized spacial score (nSPS) is 13.6. The maximum absolute atomic E-state index is 12.4. The fourth-order valence-electron chi connectivity index (χ4n) is 2.92. The third kappa shape index (κ3) is 5.27. The largest absolute Gasteiger partial charge is 0.451 e. The van der Waals surface area contributed by atoms with Crippen LogP contribution in [0.5, 0.6) is 0 Å². The van der Waals surface area contributed by atoms with E-state index in [1.54, 1.807) is 23.9 Å². The Kier molecular flexibility index (Phi) is 6.89. The molecule has 0 aromatic heterocycles. The highest BCUT2D eigenvalue weighted by Gasteiger charge is 2.27. The molecule has 1 aliphatic heterocycles. The van der Waals surface area contributed by atoms with Gasteiger partial charge >= 0.3 is 5.97 Å². The number of nitrogens with zero attached hydrogens (tertiary/aromatic N) is 2. The summed E-state index contributed by atoms with van der Waals surface area (Å²) >= 11 is 1.60. The molecule has 0 aliphatic carbocycles. The van der Waals surface area contributed by atoms with Crippen molar-refractivity contribution in [1.82, 2.24) is 0 Å². The number of carbonyl (C=O) groups is 3. The molecule has 2 aromatic carbocycles. The SMILES string of the molecule is CSc1ccc(NC(=O)COC(=O)C2=NN(c3cc(C)ccc3C)C(=O)CC2)cc1. The number of carbonyl (C=O) groups excluding carboxylic acids is 3. The van der Waals surface area contributed by atoms with Crippen LogP contribution in [0.25, 0.3) is 0 Å². The molecule has 0 unspecified atom stereocenters. The molecular weight excluding hydrogens is 402 g/mol. The van der Waals surface area contributed by atoms with E-state index in [2.05, 4.69) is 10.4 Å². The Labute approximate surface area is 179 Å². The highest BCUT2D eigenvalue weighted by atomic mass is 32.2. The molecular formula is C22H23N3O4S. The molecule has 0 saturated carbocycles. The number of hydrogen-bond acceptors (Lipinski definition) is 6. The van der Waals surface area contributed by atoms with Crippen molar-refractivity contribution >= 4 is 46.6 Å². The monoisotopic (exact) mass is 425 g/mol. The molecule has 0 radical (unpaired) electrons. The van der Waals surface area contributed by atoms with Crippen LogP contribution in [0.4, 0.5) is 11.4 Å². The summed E-state index contributed by atoms with van der Waals surface area (Å²) in [6.45, 7) is 3.36. The van der Waals surface area contributed by atoms with Crippen LogP contribution < -0.4 is 10.3 Å². The van der Waals surface area contributed by atoms with Gasteiger partial charge in [0, 0.05) is 23.4 Å². The molecule has 1 heterocycles. The van der Waals surface area contributed by atoms with Gasteiger partial charge in [0.25, 0.3) is 5.91 Å². The lowest BCUT2D eigenvalue weighted by atomic mass is 10.1. The first kappa shape index (κ1) is 21.6. The summed E-state index contributed by atoms with van der Waals surface area (Å²) in [7, 11) is 0. The maximum atomic E-state index is 12.4. The molecule has 1 aliphatic rings. The number of ether oxygens (including phenoxy) is 1. The Balaban J connectivity index is 1.63. The standard InChI is InChI=1S/C22H23N3O4S/c1-14-4-5-15(2)19(12-14)25-21(27)11-10-18(24-25)22(28)29-13-20(26)23-16-6-8-17(30-3)9-7-16/h4-9,12H,10-11,13H2,1-3H3,(H,23,26). The van der Waals surface area contributed by atoms with Crippen LogP contribution >= 0.6 is 11.8 Å². The maximum Gasteiger partial charge on any atom is 0.355 e. The third-order valence-corrected chi connectivity index (χ3v) is 5.31. The first-order valence-corrected chi connectivity index (χ1v) is 10.7. The van der Waals surface area contributed by atoms with Crippen molar-refractivity contribution in [2.24, 2.45) is 5.10 Å². The molecule has 156 valence electrons. The number of anilines is 2. The molecule has 0 spiro atoms. The molecule has 1 N–H and O–H groups in total. The van der Waals surface area contributed by atoms with Crippen molar-refractivity contribution in [3.05, 3.63) is 53.6 Å². The van der Waals surface area contributed by atoms with E-state index < -0.39 is 18.5 Å². The van der Waals surface area contributed by atoms with Crippen molar-refractivity contribution in [3.8, 4) is 0 Å². The van der Waals surface area contributed by atoms with Crippen LogP contribution in [-0.2, 0) is 19.1 Å². The van der Waals surface area contributed by atoms with Crippen molar-refractivity contribution in [3.63, 3.8) is 0 Å². The number of nitrogens with one attached hydrogen (secondary N) is 1. The topological polar surface area (TPSA) is 88.1 Å². The Morgan fingerprint density at radius 1 is 1.13 bits per heavy atom. The molecule has 30 heavy (non-hydrogen) atoms. The third-order valence-electron chi connectivity index (χ3n) is 4.57. The van der Waals surface area contributed by atoms with Gasteiger partial charge in [-0.15, -0.1) is 11.8 Å². The van der Waals surface area contributed by atoms with E-state index in [-0.39, 0.29) is 24.5 Å². The van der Waals surface area contributed by atoms with Crippen molar-refractivity contribution < 1.29 is 19.1 Å². The van der Waals surface area contributed by atoms with Gasteiger partial charge in [-0.05, 0) is 61.6 Å². The molecule has 0 bridgehead atoms. The number of esters is 1. The molecule has 7 nitrogen and oxygen atoms in total. The molecule has 0 atom stereocenters. The molecule has 2 aromatic rings. The van der Waals surface area contributed by atoms with Gasteiger partial charge in [-0.1, -0.05) is 12.1 Å². The second kappa shape index (κ2) is 9.58. The highest BCUT2D eigenvalue weighted by molar-refractivity contribution is 7.98. The first-order valence-electron chi connectivity index (χ1n) is 9.46. The summed E-state index contributed by atoms with van der Waals surface area (Å²) in [5.41, 5.74) is 3.23. The number of rotatable bonds is 6. The lowest BCUT2D eigenvalue weighted by molar-refractivity contribution is -0.140. The van der Waals surface area contributed by atoms with Crippen LogP contribution in [0.2, 0.25) is 0 Å². The second-order valence-corrected chi connectivity index (χ2v) is 7.77. The molecule has 0 fully saturated rings. The summed E-state index contributed by atoms with van der Waals surface area (Å²) in [4.78, 5) is 37.9. The Hall–Kier alpha value is -3.13. The van der Waals surface area contributed by atoms with E-state index in [1.165, 1.54) is 5.01 Å². The predicted octanol–water partition coefficient (Wildman–Crippen LogP) is 3.69. The lowest BCUT2D eigenvalue weighted by Crippen LogP contribution is -2.36. The second-order valence-electron chi connectivity index (χ2n) is 6.89. The Morgan fingerprint density at radius 3 is 2.57 bits per heavy atom. The van der Waals surface area contributed by atoms with Gasteiger partial charge in [-0.25, -0.2) is 4.79 Å². The quantitative estimate of drug-likeness (QED) is 0.563. The van der Waals surface area contributed by atoms with Crippen molar-refractivity contribution in [1.29, 1.82) is 0 Å². The highest BCUT2D eigenvalue weighted by Crippen LogP contribution is 2.25. The number of hydrazone groups is 1. The first-order chi connectivity index (χ1) is 14.4. The lowest BCUT2D eigenvalue weighted by Gasteiger charge is -2.24. The minimum atomic E-state index is -0.703. The number of amides is 2. The fourth-order valence-corrected chi connectivity index (χ4v) is 3.33. The van der Waals surface area contributed by atoms with Gasteiger partial charge in [-0.2, -0.15) is 10.1 Å². The van der Waals surface area contributed by atoms with E-state index in [1.807, 2.05) is 50.4 Å². The van der Waals surface area contributed by atoms with E-state index in [4.69, 9.17) is 4.74 Å². The average Bonchev–Trinajstić information content (AvgIpc) is 2.75. The number of thioether (sulfide) groups is 1. The van der Waals surface area contributed by atoms with Gasteiger partial charge < -0.3 is 10.1 Å². The summed E-state index contributed by atoms with van der Waals surface area (Å²) in [6.07, 6.45) is 2.29. The minimum absolute atomic E-state index is 0.118. The summed E-state index contributed by atoms with van der Waals surface area (Å²) < 4.78 is 5.11. The minimum Gasteiger partial charge on any atom is -0.451 e. The van der Waals surface area contributed by atoms with Gasteiger partial charge in [0.15, 0.2) is 6.61 Å². The molecule has 3 rings (SSSR count). The zero-order valence-corrected chi connectivity index (χ0v) is 17.9. The molecule has 0 saturated heterocycles. The number of benzene rings is 2. The van der Waals surface area contributed by atoms with Crippen LogP contribution in [0, 0.1) is 13.8 Å². The predicted molar refractivity (Wildman–Crippen MR) is 118 cm³/mol. The van der Waals surface area contributed by atoms with Gasteiger partial charge in [0.2, 0.25) is 5.91 Å². The van der Waals surface area contributed by atoms with Gasteiger partial charge in [0.1, 0.15) is 5.71 Å². The van der Waals surface area contributed by atoms with E-state index in [9.17, 15) is 14.4 Å². The fraction of sp³-hybridized carbons (Fsp3) is 0.273. The van der Waals surface area contributed by atoms with E-state index in [0.717, 1.165) is 16.0 Å². The zero-order valence-electron chi connectivity index (χ0n) is 17.1. The molecule has 8 heteroatoms. The number of hydrogen-bond donors (Lipinski definition) is 1. The van der Waals surface area contributed by atoms with Crippen molar-refractivity contribution in [2.75, 3.05) is 23.2 Å². The van der Waals surface area contributed by atoms with Crippen LogP contribution in [0.15, 0.2) is 52.5 Å². The van der Waals surface area contributed by atoms with E-state index >= 15 is 0 Å². The number of aryl methyl sites for hydroxylation is 2. The smallest absolute Gasteiger partial charge is 0.355 e.